The Bertz CT molecular complexity index is 1580. The number of unbranched alkanes of at least 4 members (excludes halogenated alkanes) is 4. The Morgan fingerprint density at radius 2 is 0.870 bits per heavy atom. The number of nitrogens with one attached hydrogen (secondary N) is 4. The Balaban J connectivity index is 1.23. The van der Waals surface area contributed by atoms with Crippen LogP contribution in [0.1, 0.15) is 49.7 Å². The van der Waals surface area contributed by atoms with E-state index in [2.05, 4.69) is 21.3 Å². The van der Waals surface area contributed by atoms with Crippen LogP contribution in [0.2, 0.25) is 0 Å². The SMILES string of the molecule is O=C1N(CCCCCNC(=S)Nc2ccccc2)[C@H](Cc2ccccc2)[C@H](O)[C@@H](O)[C@@H](Cc2ccccc2)N1CCCCCNC(=S)Nc1ccccc1. The fourth-order valence-corrected chi connectivity index (χ4v) is 7.37. The van der Waals surface area contributed by atoms with E-state index in [0.29, 0.717) is 49.2 Å². The summed E-state index contributed by atoms with van der Waals surface area (Å²) < 4.78 is 0. The number of amides is 2. The van der Waals surface area contributed by atoms with Crippen LogP contribution in [0.3, 0.4) is 0 Å². The van der Waals surface area contributed by atoms with Crippen molar-refractivity contribution >= 4 is 52.1 Å². The van der Waals surface area contributed by atoms with Crippen molar-refractivity contribution in [1.82, 2.24) is 20.4 Å². The van der Waals surface area contributed by atoms with Crippen molar-refractivity contribution in [2.45, 2.75) is 75.7 Å². The minimum Gasteiger partial charge on any atom is -0.388 e. The van der Waals surface area contributed by atoms with Gasteiger partial charge >= 0.3 is 6.03 Å². The molecule has 1 aliphatic rings. The average molecular weight is 767 g/mol. The number of carbonyl (C=O) groups is 1. The molecular weight excluding hydrogens is 713 g/mol. The summed E-state index contributed by atoms with van der Waals surface area (Å²) in [6, 6.07) is 38.2. The number of carbonyl (C=O) groups excluding carboxylic acids is 1. The van der Waals surface area contributed by atoms with Crippen molar-refractivity contribution < 1.29 is 15.0 Å². The Labute approximate surface area is 331 Å². The quantitative estimate of drug-likeness (QED) is 0.0472. The van der Waals surface area contributed by atoms with Gasteiger partial charge < -0.3 is 41.3 Å². The first kappa shape index (κ1) is 40.6. The van der Waals surface area contributed by atoms with Crippen LogP contribution in [0.5, 0.6) is 0 Å². The van der Waals surface area contributed by atoms with Crippen LogP contribution in [-0.4, -0.2) is 86.7 Å². The molecule has 0 bridgehead atoms. The van der Waals surface area contributed by atoms with Crippen LogP contribution in [0.25, 0.3) is 0 Å². The summed E-state index contributed by atoms with van der Waals surface area (Å²) in [6.45, 7) is 2.34. The van der Waals surface area contributed by atoms with Crippen molar-refractivity contribution in [3.63, 3.8) is 0 Å². The summed E-state index contributed by atoms with van der Waals surface area (Å²) in [7, 11) is 0. The molecule has 6 N–H and O–H groups in total. The molecular formula is C43H54N6O3S2. The molecule has 4 atom stereocenters. The molecule has 4 aromatic rings. The lowest BCUT2D eigenvalue weighted by molar-refractivity contribution is -0.0396. The van der Waals surface area contributed by atoms with E-state index in [0.717, 1.165) is 61.0 Å². The third-order valence-electron chi connectivity index (χ3n) is 9.79. The van der Waals surface area contributed by atoms with Gasteiger partial charge in [-0.2, -0.15) is 0 Å². The minimum absolute atomic E-state index is 0.134. The molecule has 9 nitrogen and oxygen atoms in total. The fraction of sp³-hybridized carbons (Fsp3) is 0.372. The van der Waals surface area contributed by atoms with Gasteiger partial charge in [0.1, 0.15) is 12.2 Å². The normalized spacial score (nSPS) is 18.4. The zero-order valence-corrected chi connectivity index (χ0v) is 32.5. The van der Waals surface area contributed by atoms with Crippen LogP contribution >= 0.6 is 24.4 Å². The van der Waals surface area contributed by atoms with Crippen molar-refractivity contribution in [3.05, 3.63) is 132 Å². The number of aliphatic hydroxyl groups excluding tert-OH is 2. The summed E-state index contributed by atoms with van der Waals surface area (Å²) in [6.07, 6.45) is 3.60. The molecule has 5 rings (SSSR count). The molecule has 1 aliphatic heterocycles. The predicted molar refractivity (Wildman–Crippen MR) is 228 cm³/mol. The Kier molecular flexibility index (Phi) is 16.5. The van der Waals surface area contributed by atoms with Gasteiger partial charge in [0.2, 0.25) is 0 Å². The highest BCUT2D eigenvalue weighted by molar-refractivity contribution is 7.80. The molecule has 0 radical (unpaired) electrons. The molecule has 0 saturated carbocycles. The highest BCUT2D eigenvalue weighted by atomic mass is 32.1. The number of aliphatic hydroxyl groups is 2. The van der Waals surface area contributed by atoms with Crippen LogP contribution in [0.4, 0.5) is 16.2 Å². The molecule has 11 heteroatoms. The maximum Gasteiger partial charge on any atom is 0.320 e. The minimum atomic E-state index is -1.13. The standard InChI is InChI=1S/C43H54N6O3S2/c50-39-37(31-33-19-7-1-8-20-33)48(29-17-5-15-27-44-41(53)46-35-23-11-3-12-24-35)43(52)49(38(40(39)51)32-34-21-9-2-10-22-34)30-18-6-16-28-45-42(54)47-36-25-13-4-14-26-36/h1-4,7-14,19-26,37-40,50-51H,5-6,15-18,27-32H2,(H2,44,46,53)(H2,45,47,54)/t37-,38-,39+,40+/m1/s1. The smallest absolute Gasteiger partial charge is 0.320 e. The van der Waals surface area contributed by atoms with Crippen molar-refractivity contribution in [3.8, 4) is 0 Å². The van der Waals surface area contributed by atoms with E-state index in [-0.39, 0.29) is 6.03 Å². The summed E-state index contributed by atoms with van der Waals surface area (Å²) >= 11 is 10.9. The van der Waals surface area contributed by atoms with Gasteiger partial charge in [-0.15, -0.1) is 0 Å². The lowest BCUT2D eigenvalue weighted by Gasteiger charge is -2.36. The van der Waals surface area contributed by atoms with Crippen LogP contribution in [0, 0.1) is 0 Å². The van der Waals surface area contributed by atoms with E-state index in [4.69, 9.17) is 24.4 Å². The van der Waals surface area contributed by atoms with Crippen LogP contribution in [-0.2, 0) is 12.8 Å². The number of para-hydroxylation sites is 2. The number of hydrogen-bond acceptors (Lipinski definition) is 5. The first-order valence-electron chi connectivity index (χ1n) is 19.1. The molecule has 1 saturated heterocycles. The summed E-state index contributed by atoms with van der Waals surface area (Å²) in [5.41, 5.74) is 3.89. The van der Waals surface area contributed by atoms with Gasteiger partial charge in [-0.1, -0.05) is 97.1 Å². The second kappa shape index (κ2) is 22.0. The second-order valence-electron chi connectivity index (χ2n) is 13.8. The highest BCUT2D eigenvalue weighted by Crippen LogP contribution is 2.28. The maximum atomic E-state index is 14.8. The molecule has 0 spiro atoms. The number of benzene rings is 4. The number of hydrogen-bond donors (Lipinski definition) is 6. The number of rotatable bonds is 18. The summed E-state index contributed by atoms with van der Waals surface area (Å²) in [4.78, 5) is 18.4. The van der Waals surface area contributed by atoms with E-state index in [1.165, 1.54) is 0 Å². The number of thiocarbonyl (C=S) groups is 2. The fourth-order valence-electron chi connectivity index (χ4n) is 6.93. The molecule has 0 unspecified atom stereocenters. The predicted octanol–water partition coefficient (Wildman–Crippen LogP) is 6.98. The molecule has 1 fully saturated rings. The van der Waals surface area contributed by atoms with E-state index < -0.39 is 24.3 Å². The van der Waals surface area contributed by atoms with Gasteiger partial charge in [0.15, 0.2) is 10.2 Å². The molecule has 54 heavy (non-hydrogen) atoms. The monoisotopic (exact) mass is 766 g/mol. The van der Waals surface area contributed by atoms with E-state index in [1.54, 1.807) is 0 Å². The lowest BCUT2D eigenvalue weighted by Crippen LogP contribution is -2.51. The van der Waals surface area contributed by atoms with Gasteiger partial charge in [0.25, 0.3) is 0 Å². The van der Waals surface area contributed by atoms with Gasteiger partial charge in [-0.05, 0) is 111 Å². The average Bonchev–Trinajstić information content (AvgIpc) is 3.25. The van der Waals surface area contributed by atoms with Crippen molar-refractivity contribution in [2.24, 2.45) is 0 Å². The molecule has 1 heterocycles. The van der Waals surface area contributed by atoms with E-state index in [1.807, 2.05) is 131 Å². The molecule has 0 aliphatic carbocycles. The van der Waals surface area contributed by atoms with Gasteiger partial charge in [-0.3, -0.25) is 0 Å². The molecule has 2 amide bonds. The molecule has 286 valence electrons. The lowest BCUT2D eigenvalue weighted by atomic mass is 9.91. The number of nitrogens with zero attached hydrogens (tertiary/aromatic N) is 2. The van der Waals surface area contributed by atoms with Crippen molar-refractivity contribution in [1.29, 1.82) is 0 Å². The molecule has 4 aromatic carbocycles. The highest BCUT2D eigenvalue weighted by Gasteiger charge is 2.45. The van der Waals surface area contributed by atoms with Crippen LogP contribution in [0.15, 0.2) is 121 Å². The third kappa shape index (κ3) is 12.8. The van der Waals surface area contributed by atoms with Gasteiger partial charge in [-0.25, -0.2) is 4.79 Å². The van der Waals surface area contributed by atoms with E-state index >= 15 is 0 Å². The van der Waals surface area contributed by atoms with Crippen molar-refractivity contribution in [2.75, 3.05) is 36.8 Å². The second-order valence-corrected chi connectivity index (χ2v) is 14.6. The first-order valence-corrected chi connectivity index (χ1v) is 19.9. The Hall–Kier alpha value is -4.55. The van der Waals surface area contributed by atoms with Gasteiger partial charge in [0.05, 0.1) is 12.1 Å². The maximum absolute atomic E-state index is 14.8. The van der Waals surface area contributed by atoms with Gasteiger partial charge in [0, 0.05) is 37.6 Å². The first-order chi connectivity index (χ1) is 26.4. The summed E-state index contributed by atoms with van der Waals surface area (Å²) in [5, 5.41) is 38.0. The molecule has 0 aromatic heterocycles. The summed E-state index contributed by atoms with van der Waals surface area (Å²) in [5.74, 6) is 0. The largest absolute Gasteiger partial charge is 0.388 e. The zero-order valence-electron chi connectivity index (χ0n) is 30.9. The van der Waals surface area contributed by atoms with Crippen LogP contribution < -0.4 is 21.3 Å². The number of urea groups is 1. The van der Waals surface area contributed by atoms with E-state index in [9.17, 15) is 15.0 Å². The topological polar surface area (TPSA) is 112 Å². The number of anilines is 2. The Morgan fingerprint density at radius 1 is 0.519 bits per heavy atom. The Morgan fingerprint density at radius 3 is 1.24 bits per heavy atom. The third-order valence-corrected chi connectivity index (χ3v) is 10.3. The zero-order chi connectivity index (χ0) is 38.0.